The Kier molecular flexibility index (Phi) is 2.26. The normalized spacial score (nSPS) is 10.2. The van der Waals surface area contributed by atoms with Gasteiger partial charge in [-0.15, -0.1) is 0 Å². The standard InChI is InChI=1S/C7H6Cl2O3/c1-2-3(8)6(11)4(9)7(12)5(2)10/h10-12H,1H3. The second kappa shape index (κ2) is 2.92. The van der Waals surface area contributed by atoms with Crippen molar-refractivity contribution in [2.45, 2.75) is 6.92 Å². The van der Waals surface area contributed by atoms with Gasteiger partial charge in [0.15, 0.2) is 17.2 Å². The van der Waals surface area contributed by atoms with Crippen LogP contribution in [0.3, 0.4) is 0 Å². The van der Waals surface area contributed by atoms with Crippen molar-refractivity contribution in [2.24, 2.45) is 0 Å². The second-order valence-electron chi connectivity index (χ2n) is 2.30. The molecular formula is C7H6Cl2O3. The van der Waals surface area contributed by atoms with E-state index < -0.39 is 17.2 Å². The van der Waals surface area contributed by atoms with Crippen LogP contribution in [0.1, 0.15) is 5.56 Å². The summed E-state index contributed by atoms with van der Waals surface area (Å²) in [5, 5.41) is 27.0. The molecule has 0 spiro atoms. The number of aromatic hydroxyl groups is 3. The van der Waals surface area contributed by atoms with E-state index in [0.29, 0.717) is 0 Å². The van der Waals surface area contributed by atoms with Crippen LogP contribution in [-0.4, -0.2) is 15.3 Å². The molecular weight excluding hydrogens is 203 g/mol. The van der Waals surface area contributed by atoms with Gasteiger partial charge in [0, 0.05) is 5.56 Å². The summed E-state index contributed by atoms with van der Waals surface area (Å²) in [5.41, 5.74) is 0.191. The molecule has 0 amide bonds. The molecule has 0 bridgehead atoms. The van der Waals surface area contributed by atoms with E-state index in [9.17, 15) is 0 Å². The zero-order valence-corrected chi connectivity index (χ0v) is 7.61. The van der Waals surface area contributed by atoms with Gasteiger partial charge in [0.05, 0.1) is 5.02 Å². The van der Waals surface area contributed by atoms with Gasteiger partial charge in [0.1, 0.15) is 5.02 Å². The molecule has 66 valence electrons. The topological polar surface area (TPSA) is 60.7 Å². The number of rotatable bonds is 0. The molecule has 0 radical (unpaired) electrons. The largest absolute Gasteiger partial charge is 0.505 e. The van der Waals surface area contributed by atoms with Gasteiger partial charge >= 0.3 is 0 Å². The van der Waals surface area contributed by atoms with Crippen molar-refractivity contribution < 1.29 is 15.3 Å². The van der Waals surface area contributed by atoms with Gasteiger partial charge in [-0.3, -0.25) is 0 Å². The lowest BCUT2D eigenvalue weighted by Crippen LogP contribution is -1.81. The smallest absolute Gasteiger partial charge is 0.180 e. The maximum atomic E-state index is 9.16. The molecule has 0 atom stereocenters. The first kappa shape index (κ1) is 9.29. The Labute approximate surface area is 78.8 Å². The predicted octanol–water partition coefficient (Wildman–Crippen LogP) is 2.42. The van der Waals surface area contributed by atoms with Crippen molar-refractivity contribution in [1.82, 2.24) is 0 Å². The van der Waals surface area contributed by atoms with Crippen LogP contribution in [0.4, 0.5) is 0 Å². The highest BCUT2D eigenvalue weighted by atomic mass is 35.5. The van der Waals surface area contributed by atoms with Gasteiger partial charge in [0.2, 0.25) is 0 Å². The summed E-state index contributed by atoms with van der Waals surface area (Å²) < 4.78 is 0. The average Bonchev–Trinajstić information content (AvgIpc) is 2.08. The third-order valence-corrected chi connectivity index (χ3v) is 2.35. The average molecular weight is 209 g/mol. The number of phenolic OH excluding ortho intramolecular Hbond substituents is 3. The fraction of sp³-hybridized carbons (Fsp3) is 0.143. The molecule has 3 N–H and O–H groups in total. The summed E-state index contributed by atoms with van der Waals surface area (Å²) in [5.74, 6) is -1.40. The molecule has 1 rings (SSSR count). The maximum absolute atomic E-state index is 9.16. The fourth-order valence-electron chi connectivity index (χ4n) is 0.772. The van der Waals surface area contributed by atoms with E-state index in [0.717, 1.165) is 0 Å². The van der Waals surface area contributed by atoms with Gasteiger partial charge in [-0.05, 0) is 6.92 Å². The molecule has 0 saturated heterocycles. The van der Waals surface area contributed by atoms with Gasteiger partial charge in [-0.1, -0.05) is 23.2 Å². The van der Waals surface area contributed by atoms with E-state index in [4.69, 9.17) is 38.5 Å². The van der Waals surface area contributed by atoms with E-state index in [1.54, 1.807) is 0 Å². The maximum Gasteiger partial charge on any atom is 0.180 e. The molecule has 5 heteroatoms. The predicted molar refractivity (Wildman–Crippen MR) is 46.2 cm³/mol. The highest BCUT2D eigenvalue weighted by Gasteiger charge is 2.17. The van der Waals surface area contributed by atoms with Crippen molar-refractivity contribution >= 4 is 23.2 Å². The van der Waals surface area contributed by atoms with Crippen LogP contribution < -0.4 is 0 Å². The molecule has 0 aliphatic carbocycles. The summed E-state index contributed by atoms with van der Waals surface area (Å²) >= 11 is 11.0. The zero-order chi connectivity index (χ0) is 9.46. The highest BCUT2D eigenvalue weighted by molar-refractivity contribution is 6.38. The summed E-state index contributed by atoms with van der Waals surface area (Å²) in [6, 6.07) is 0. The van der Waals surface area contributed by atoms with Crippen molar-refractivity contribution in [3.8, 4) is 17.2 Å². The lowest BCUT2D eigenvalue weighted by molar-refractivity contribution is 0.394. The first-order valence-electron chi connectivity index (χ1n) is 3.05. The molecule has 1 aromatic rings. The minimum atomic E-state index is -0.559. The first-order valence-corrected chi connectivity index (χ1v) is 3.80. The van der Waals surface area contributed by atoms with Gasteiger partial charge in [-0.2, -0.15) is 0 Å². The Morgan fingerprint density at radius 1 is 0.833 bits per heavy atom. The Morgan fingerprint density at radius 2 is 1.33 bits per heavy atom. The molecule has 0 aliphatic heterocycles. The third-order valence-electron chi connectivity index (χ3n) is 1.53. The molecule has 0 aliphatic rings. The van der Waals surface area contributed by atoms with Gasteiger partial charge in [-0.25, -0.2) is 0 Å². The van der Waals surface area contributed by atoms with Crippen LogP contribution in [0, 0.1) is 6.92 Å². The van der Waals surface area contributed by atoms with Crippen LogP contribution in [0.25, 0.3) is 0 Å². The monoisotopic (exact) mass is 208 g/mol. The van der Waals surface area contributed by atoms with Crippen LogP contribution in [0.2, 0.25) is 10.0 Å². The minimum Gasteiger partial charge on any atom is -0.505 e. The molecule has 0 heterocycles. The summed E-state index contributed by atoms with van der Waals surface area (Å²) in [4.78, 5) is 0. The quantitative estimate of drug-likeness (QED) is 0.454. The summed E-state index contributed by atoms with van der Waals surface area (Å²) in [6.07, 6.45) is 0. The Bertz CT molecular complexity index is 231. The van der Waals surface area contributed by atoms with Gasteiger partial charge in [0.25, 0.3) is 0 Å². The molecule has 12 heavy (non-hydrogen) atoms. The second-order valence-corrected chi connectivity index (χ2v) is 3.05. The Hall–Kier alpha value is -0.800. The number of hydrogen-bond acceptors (Lipinski definition) is 3. The molecule has 0 fully saturated rings. The van der Waals surface area contributed by atoms with E-state index in [1.165, 1.54) is 6.92 Å². The van der Waals surface area contributed by atoms with Crippen LogP contribution >= 0.6 is 23.2 Å². The van der Waals surface area contributed by atoms with Crippen molar-refractivity contribution in [3.63, 3.8) is 0 Å². The lowest BCUT2D eigenvalue weighted by Gasteiger charge is -2.08. The molecule has 3 nitrogen and oxygen atoms in total. The van der Waals surface area contributed by atoms with E-state index in [-0.39, 0.29) is 15.6 Å². The number of phenols is 3. The highest BCUT2D eigenvalue weighted by Crippen LogP contribution is 2.47. The minimum absolute atomic E-state index is 0.0599. The van der Waals surface area contributed by atoms with Crippen LogP contribution in [-0.2, 0) is 0 Å². The van der Waals surface area contributed by atoms with E-state index in [1.807, 2.05) is 0 Å². The summed E-state index contributed by atoms with van der Waals surface area (Å²) in [7, 11) is 0. The molecule has 0 aromatic heterocycles. The van der Waals surface area contributed by atoms with Crippen LogP contribution in [0.15, 0.2) is 0 Å². The third kappa shape index (κ3) is 1.15. The van der Waals surface area contributed by atoms with Crippen molar-refractivity contribution in [1.29, 1.82) is 0 Å². The summed E-state index contributed by atoms with van der Waals surface area (Å²) in [6.45, 7) is 1.45. The van der Waals surface area contributed by atoms with Crippen LogP contribution in [0.5, 0.6) is 17.2 Å². The van der Waals surface area contributed by atoms with Gasteiger partial charge < -0.3 is 15.3 Å². The number of benzene rings is 1. The van der Waals surface area contributed by atoms with Crippen molar-refractivity contribution in [3.05, 3.63) is 15.6 Å². The Balaban J connectivity index is 3.60. The Morgan fingerprint density at radius 3 is 1.83 bits per heavy atom. The molecule has 0 unspecified atom stereocenters. The van der Waals surface area contributed by atoms with Crippen molar-refractivity contribution in [2.75, 3.05) is 0 Å². The zero-order valence-electron chi connectivity index (χ0n) is 6.10. The lowest BCUT2D eigenvalue weighted by atomic mass is 10.2. The molecule has 1 aromatic carbocycles. The SMILES string of the molecule is Cc1c(O)c(O)c(Cl)c(O)c1Cl. The van der Waals surface area contributed by atoms with E-state index >= 15 is 0 Å². The molecule has 0 saturated carbocycles. The first-order chi connectivity index (χ1) is 5.46. The fourth-order valence-corrected chi connectivity index (χ4v) is 1.19. The van der Waals surface area contributed by atoms with E-state index in [2.05, 4.69) is 0 Å². The number of hydrogen-bond donors (Lipinski definition) is 3. The number of halogens is 2.